The molecule has 0 saturated carbocycles. The second kappa shape index (κ2) is 7.01. The molecule has 1 N–H and O–H groups in total. The highest BCUT2D eigenvalue weighted by atomic mass is 16.5. The number of amides is 1. The Labute approximate surface area is 109 Å². The summed E-state index contributed by atoms with van der Waals surface area (Å²) in [6.45, 7) is 2.03. The fraction of sp³-hybridized carbons (Fsp3) is 0.500. The van der Waals surface area contributed by atoms with E-state index in [-0.39, 0.29) is 5.91 Å². The van der Waals surface area contributed by atoms with Crippen LogP contribution in [-0.2, 0) is 11.2 Å². The molecule has 0 unspecified atom stereocenters. The lowest BCUT2D eigenvalue weighted by Gasteiger charge is -2.11. The molecule has 100 valence electrons. The van der Waals surface area contributed by atoms with Crippen molar-refractivity contribution in [3.63, 3.8) is 0 Å². The summed E-state index contributed by atoms with van der Waals surface area (Å²) in [5.74, 6) is 0.967. The first-order valence-corrected chi connectivity index (χ1v) is 6.13. The maximum Gasteiger partial charge on any atom is 0.234 e. The maximum atomic E-state index is 11.4. The number of benzene rings is 1. The lowest BCUT2D eigenvalue weighted by atomic mass is 10.1. The van der Waals surface area contributed by atoms with Crippen molar-refractivity contribution in [2.24, 2.45) is 0 Å². The monoisotopic (exact) mass is 250 g/mol. The minimum absolute atomic E-state index is 0.0604. The summed E-state index contributed by atoms with van der Waals surface area (Å²) in [7, 11) is 5.29. The van der Waals surface area contributed by atoms with Crippen molar-refractivity contribution in [2.75, 3.05) is 21.2 Å². The molecule has 0 aliphatic rings. The zero-order valence-electron chi connectivity index (χ0n) is 11.6. The van der Waals surface area contributed by atoms with Gasteiger partial charge in [0, 0.05) is 20.5 Å². The molecule has 0 spiro atoms. The third kappa shape index (κ3) is 4.75. The smallest absolute Gasteiger partial charge is 0.234 e. The summed E-state index contributed by atoms with van der Waals surface area (Å²) in [5.41, 5.74) is 5.11. The van der Waals surface area contributed by atoms with Gasteiger partial charge >= 0.3 is 0 Å². The van der Waals surface area contributed by atoms with Crippen molar-refractivity contribution < 1.29 is 9.53 Å². The zero-order chi connectivity index (χ0) is 13.5. The van der Waals surface area contributed by atoms with Gasteiger partial charge in [-0.15, -0.1) is 0 Å². The summed E-state index contributed by atoms with van der Waals surface area (Å²) >= 11 is 0. The molecule has 0 aliphatic heterocycles. The number of hydrogen-bond donors (Lipinski definition) is 1. The Hall–Kier alpha value is -1.55. The van der Waals surface area contributed by atoms with E-state index in [0.29, 0.717) is 6.42 Å². The minimum atomic E-state index is 0.0604. The van der Waals surface area contributed by atoms with Gasteiger partial charge in [-0.2, -0.15) is 0 Å². The normalized spacial score (nSPS) is 10.5. The fourth-order valence-electron chi connectivity index (χ4n) is 1.85. The molecule has 0 aromatic heterocycles. The Morgan fingerprint density at radius 1 is 1.39 bits per heavy atom. The fourth-order valence-corrected chi connectivity index (χ4v) is 1.85. The predicted octanol–water partition coefficient (Wildman–Crippen LogP) is 1.92. The van der Waals surface area contributed by atoms with Crippen LogP contribution in [0.25, 0.3) is 0 Å². The quantitative estimate of drug-likeness (QED) is 0.784. The standard InChI is InChI=1S/C14H22N2O2/c1-11-10-12(8-9-13(11)18-4)6-5-7-14(17)15-16(2)3/h8-10H,5-7H2,1-4H3,(H,15,17). The van der Waals surface area contributed by atoms with Gasteiger partial charge in [0.05, 0.1) is 7.11 Å². The third-order valence-electron chi connectivity index (χ3n) is 2.68. The first-order chi connectivity index (χ1) is 8.52. The molecule has 1 rings (SSSR count). The second-order valence-electron chi connectivity index (χ2n) is 4.59. The van der Waals surface area contributed by atoms with E-state index >= 15 is 0 Å². The number of hydrazine groups is 1. The number of rotatable bonds is 6. The van der Waals surface area contributed by atoms with Crippen molar-refractivity contribution in [3.8, 4) is 5.75 Å². The number of methoxy groups -OCH3 is 1. The van der Waals surface area contributed by atoms with Gasteiger partial charge in [0.2, 0.25) is 5.91 Å². The molecule has 0 saturated heterocycles. The highest BCUT2D eigenvalue weighted by Crippen LogP contribution is 2.19. The van der Waals surface area contributed by atoms with Gasteiger partial charge in [0.15, 0.2) is 0 Å². The minimum Gasteiger partial charge on any atom is -0.496 e. The van der Waals surface area contributed by atoms with Crippen LogP contribution < -0.4 is 10.2 Å². The van der Waals surface area contributed by atoms with Crippen LogP contribution in [0, 0.1) is 6.92 Å². The van der Waals surface area contributed by atoms with Crippen LogP contribution in [0.4, 0.5) is 0 Å². The van der Waals surface area contributed by atoms with E-state index in [1.54, 1.807) is 12.1 Å². The van der Waals surface area contributed by atoms with E-state index in [2.05, 4.69) is 17.6 Å². The molecule has 0 radical (unpaired) electrons. The molecular weight excluding hydrogens is 228 g/mol. The predicted molar refractivity (Wildman–Crippen MR) is 72.5 cm³/mol. The molecule has 1 aromatic rings. The lowest BCUT2D eigenvalue weighted by molar-refractivity contribution is -0.124. The van der Waals surface area contributed by atoms with Gasteiger partial charge in [-0.25, -0.2) is 5.01 Å². The largest absolute Gasteiger partial charge is 0.496 e. The number of ether oxygens (including phenoxy) is 1. The van der Waals surface area contributed by atoms with E-state index in [9.17, 15) is 4.79 Å². The highest BCUT2D eigenvalue weighted by molar-refractivity contribution is 5.75. The molecule has 0 bridgehead atoms. The number of nitrogens with one attached hydrogen (secondary N) is 1. The molecule has 4 heteroatoms. The molecule has 4 nitrogen and oxygen atoms in total. The van der Waals surface area contributed by atoms with Gasteiger partial charge in [-0.3, -0.25) is 10.2 Å². The van der Waals surface area contributed by atoms with E-state index in [1.165, 1.54) is 5.56 Å². The van der Waals surface area contributed by atoms with Crippen LogP contribution >= 0.6 is 0 Å². The zero-order valence-corrected chi connectivity index (χ0v) is 11.6. The molecule has 18 heavy (non-hydrogen) atoms. The van der Waals surface area contributed by atoms with Crippen LogP contribution in [0.5, 0.6) is 5.75 Å². The number of nitrogens with zero attached hydrogens (tertiary/aromatic N) is 1. The van der Waals surface area contributed by atoms with E-state index in [4.69, 9.17) is 4.74 Å². The lowest BCUT2D eigenvalue weighted by Crippen LogP contribution is -2.35. The first kappa shape index (κ1) is 14.5. The van der Waals surface area contributed by atoms with E-state index in [1.807, 2.05) is 27.1 Å². The SMILES string of the molecule is COc1ccc(CCCC(=O)NN(C)C)cc1C. The van der Waals surface area contributed by atoms with Crippen LogP contribution in [-0.4, -0.2) is 32.1 Å². The number of aryl methyl sites for hydroxylation is 2. The van der Waals surface area contributed by atoms with Crippen LogP contribution in [0.1, 0.15) is 24.0 Å². The molecule has 1 amide bonds. The van der Waals surface area contributed by atoms with E-state index < -0.39 is 0 Å². The molecular formula is C14H22N2O2. The van der Waals surface area contributed by atoms with Crippen molar-refractivity contribution in [3.05, 3.63) is 29.3 Å². The maximum absolute atomic E-state index is 11.4. The summed E-state index contributed by atoms with van der Waals surface area (Å²) in [6, 6.07) is 6.14. The van der Waals surface area contributed by atoms with Crippen LogP contribution in [0.2, 0.25) is 0 Å². The Balaban J connectivity index is 2.40. The van der Waals surface area contributed by atoms with Crippen LogP contribution in [0.3, 0.4) is 0 Å². The Kier molecular flexibility index (Phi) is 5.65. The summed E-state index contributed by atoms with van der Waals surface area (Å²) in [5, 5.41) is 1.67. The highest BCUT2D eigenvalue weighted by Gasteiger charge is 2.03. The Bertz CT molecular complexity index is 403. The third-order valence-corrected chi connectivity index (χ3v) is 2.68. The topological polar surface area (TPSA) is 41.6 Å². The summed E-state index contributed by atoms with van der Waals surface area (Å²) in [4.78, 5) is 11.4. The summed E-state index contributed by atoms with van der Waals surface area (Å²) in [6.07, 6.45) is 2.31. The van der Waals surface area contributed by atoms with Crippen LogP contribution in [0.15, 0.2) is 18.2 Å². The molecule has 0 fully saturated rings. The Morgan fingerprint density at radius 3 is 2.67 bits per heavy atom. The Morgan fingerprint density at radius 2 is 2.11 bits per heavy atom. The van der Waals surface area contributed by atoms with Gasteiger partial charge in [-0.05, 0) is 37.0 Å². The van der Waals surface area contributed by atoms with Crippen molar-refractivity contribution >= 4 is 5.91 Å². The second-order valence-corrected chi connectivity index (χ2v) is 4.59. The first-order valence-electron chi connectivity index (χ1n) is 6.13. The van der Waals surface area contributed by atoms with Gasteiger partial charge < -0.3 is 4.74 Å². The van der Waals surface area contributed by atoms with Crippen molar-refractivity contribution in [1.29, 1.82) is 0 Å². The van der Waals surface area contributed by atoms with Gasteiger partial charge in [0.1, 0.15) is 5.75 Å². The molecule has 0 aliphatic carbocycles. The van der Waals surface area contributed by atoms with Gasteiger partial charge in [0.25, 0.3) is 0 Å². The molecule has 1 aromatic carbocycles. The molecule has 0 heterocycles. The summed E-state index contributed by atoms with van der Waals surface area (Å²) < 4.78 is 5.22. The number of carbonyl (C=O) groups excluding carboxylic acids is 1. The average molecular weight is 250 g/mol. The van der Waals surface area contributed by atoms with Crippen molar-refractivity contribution in [2.45, 2.75) is 26.2 Å². The average Bonchev–Trinajstić information content (AvgIpc) is 2.28. The van der Waals surface area contributed by atoms with Crippen molar-refractivity contribution in [1.82, 2.24) is 10.4 Å². The van der Waals surface area contributed by atoms with E-state index in [0.717, 1.165) is 24.2 Å². The molecule has 0 atom stereocenters. The number of carbonyl (C=O) groups is 1. The number of hydrogen-bond acceptors (Lipinski definition) is 3. The van der Waals surface area contributed by atoms with Gasteiger partial charge in [-0.1, -0.05) is 12.1 Å².